The summed E-state index contributed by atoms with van der Waals surface area (Å²) in [5, 5.41) is 1.17. The van der Waals surface area contributed by atoms with Crippen LogP contribution >= 0.6 is 0 Å². The molecular weight excluding hydrogens is 324 g/mol. The van der Waals surface area contributed by atoms with Gasteiger partial charge in [-0.3, -0.25) is 9.78 Å². The number of pyridine rings is 1. The zero-order chi connectivity index (χ0) is 17.9. The summed E-state index contributed by atoms with van der Waals surface area (Å²) in [6.45, 7) is 3.44. The molecule has 5 nitrogen and oxygen atoms in total. The fourth-order valence-corrected chi connectivity index (χ4v) is 3.75. The summed E-state index contributed by atoms with van der Waals surface area (Å²) >= 11 is 0. The van der Waals surface area contributed by atoms with Crippen molar-refractivity contribution in [2.75, 3.05) is 13.1 Å². The third-order valence-corrected chi connectivity index (χ3v) is 5.12. The van der Waals surface area contributed by atoms with E-state index < -0.39 is 0 Å². The predicted molar refractivity (Wildman–Crippen MR) is 101 cm³/mol. The standard InChI is InChI=1S/C21H22N4O/c1-15-19(12-22-14-24-15)21(26)25-8-4-5-16(13-25)9-17-10-18-6-2-3-7-20(18)23-11-17/h2-3,6-7,10-12,14,16H,4-5,8-9,13H2,1H3/t16-/m0/s1. The minimum atomic E-state index is 0.0458. The van der Waals surface area contributed by atoms with Crippen molar-refractivity contribution in [3.8, 4) is 0 Å². The number of benzene rings is 1. The van der Waals surface area contributed by atoms with E-state index in [1.54, 1.807) is 6.20 Å². The van der Waals surface area contributed by atoms with Crippen molar-refractivity contribution >= 4 is 16.8 Å². The average Bonchev–Trinajstić information content (AvgIpc) is 2.68. The molecule has 1 amide bonds. The number of fused-ring (bicyclic) bond motifs is 1. The lowest BCUT2D eigenvalue weighted by atomic mass is 9.91. The molecule has 1 saturated heterocycles. The quantitative estimate of drug-likeness (QED) is 0.729. The van der Waals surface area contributed by atoms with Gasteiger partial charge >= 0.3 is 0 Å². The molecule has 0 bridgehead atoms. The molecule has 0 radical (unpaired) electrons. The van der Waals surface area contributed by atoms with Crippen molar-refractivity contribution in [3.05, 3.63) is 65.9 Å². The molecule has 5 heteroatoms. The molecule has 26 heavy (non-hydrogen) atoms. The van der Waals surface area contributed by atoms with Gasteiger partial charge in [-0.15, -0.1) is 0 Å². The molecule has 3 heterocycles. The number of piperidine rings is 1. The zero-order valence-corrected chi connectivity index (χ0v) is 14.9. The fourth-order valence-electron chi connectivity index (χ4n) is 3.75. The number of rotatable bonds is 3. The first kappa shape index (κ1) is 16.6. The van der Waals surface area contributed by atoms with Crippen LogP contribution in [0.5, 0.6) is 0 Å². The number of nitrogens with zero attached hydrogens (tertiary/aromatic N) is 4. The number of aromatic nitrogens is 3. The van der Waals surface area contributed by atoms with Crippen LogP contribution < -0.4 is 0 Å². The van der Waals surface area contributed by atoms with Crippen LogP contribution in [0.2, 0.25) is 0 Å². The highest BCUT2D eigenvalue weighted by Gasteiger charge is 2.26. The van der Waals surface area contributed by atoms with Gasteiger partial charge in [0.2, 0.25) is 0 Å². The molecule has 0 unspecified atom stereocenters. The molecule has 1 fully saturated rings. The number of carbonyl (C=O) groups excluding carboxylic acids is 1. The van der Waals surface area contributed by atoms with Crippen LogP contribution in [0, 0.1) is 12.8 Å². The number of hydrogen-bond acceptors (Lipinski definition) is 4. The topological polar surface area (TPSA) is 59.0 Å². The van der Waals surface area contributed by atoms with Crippen LogP contribution in [0.4, 0.5) is 0 Å². The summed E-state index contributed by atoms with van der Waals surface area (Å²) in [6.07, 6.45) is 8.20. The Morgan fingerprint density at radius 1 is 1.23 bits per heavy atom. The first-order valence-electron chi connectivity index (χ1n) is 9.10. The van der Waals surface area contributed by atoms with Crippen molar-refractivity contribution in [1.29, 1.82) is 0 Å². The molecule has 0 aliphatic carbocycles. The van der Waals surface area contributed by atoms with Crippen LogP contribution in [-0.2, 0) is 6.42 Å². The van der Waals surface area contributed by atoms with Gasteiger partial charge < -0.3 is 4.90 Å². The number of aryl methyl sites for hydroxylation is 1. The van der Waals surface area contributed by atoms with Crippen molar-refractivity contribution in [2.24, 2.45) is 5.92 Å². The molecule has 1 atom stereocenters. The summed E-state index contributed by atoms with van der Waals surface area (Å²) in [7, 11) is 0. The second-order valence-corrected chi connectivity index (χ2v) is 7.02. The Hall–Kier alpha value is -2.82. The molecule has 132 valence electrons. The Balaban J connectivity index is 1.48. The van der Waals surface area contributed by atoms with Gasteiger partial charge in [0.1, 0.15) is 6.33 Å². The maximum Gasteiger partial charge on any atom is 0.257 e. The maximum absolute atomic E-state index is 12.8. The maximum atomic E-state index is 12.8. The Labute approximate surface area is 153 Å². The van der Waals surface area contributed by atoms with Gasteiger partial charge in [-0.1, -0.05) is 18.2 Å². The van der Waals surface area contributed by atoms with Gasteiger partial charge in [-0.2, -0.15) is 0 Å². The van der Waals surface area contributed by atoms with Gasteiger partial charge in [0, 0.05) is 30.9 Å². The lowest BCUT2D eigenvalue weighted by molar-refractivity contribution is 0.0671. The Kier molecular flexibility index (Phi) is 4.61. The van der Waals surface area contributed by atoms with Gasteiger partial charge in [0.25, 0.3) is 5.91 Å². The van der Waals surface area contributed by atoms with E-state index in [0.717, 1.165) is 43.6 Å². The molecular formula is C21H22N4O. The highest BCUT2D eigenvalue weighted by molar-refractivity contribution is 5.95. The molecule has 0 N–H and O–H groups in total. The van der Waals surface area contributed by atoms with Crippen LogP contribution in [0.15, 0.2) is 49.1 Å². The second kappa shape index (κ2) is 7.20. The van der Waals surface area contributed by atoms with Gasteiger partial charge in [0.05, 0.1) is 16.8 Å². The molecule has 2 aromatic heterocycles. The van der Waals surface area contributed by atoms with E-state index in [-0.39, 0.29) is 5.91 Å². The Morgan fingerprint density at radius 3 is 3.00 bits per heavy atom. The van der Waals surface area contributed by atoms with E-state index in [1.165, 1.54) is 17.3 Å². The molecule has 1 aliphatic heterocycles. The first-order valence-corrected chi connectivity index (χ1v) is 9.10. The summed E-state index contributed by atoms with van der Waals surface area (Å²) < 4.78 is 0. The first-order chi connectivity index (χ1) is 12.7. The highest BCUT2D eigenvalue weighted by Crippen LogP contribution is 2.23. The van der Waals surface area contributed by atoms with Crippen molar-refractivity contribution in [1.82, 2.24) is 19.9 Å². The van der Waals surface area contributed by atoms with Gasteiger partial charge in [-0.05, 0) is 49.8 Å². The van der Waals surface area contributed by atoms with Crippen molar-refractivity contribution < 1.29 is 4.79 Å². The van der Waals surface area contributed by atoms with Crippen molar-refractivity contribution in [3.63, 3.8) is 0 Å². The third kappa shape index (κ3) is 3.43. The van der Waals surface area contributed by atoms with E-state index >= 15 is 0 Å². The van der Waals surface area contributed by atoms with Gasteiger partial charge in [-0.25, -0.2) is 9.97 Å². The normalized spacial score (nSPS) is 17.4. The lowest BCUT2D eigenvalue weighted by Crippen LogP contribution is -2.40. The molecule has 0 spiro atoms. The predicted octanol–water partition coefficient (Wildman–Crippen LogP) is 3.43. The number of hydrogen-bond donors (Lipinski definition) is 0. The van der Waals surface area contributed by atoms with Crippen LogP contribution in [0.25, 0.3) is 10.9 Å². The lowest BCUT2D eigenvalue weighted by Gasteiger charge is -2.33. The molecule has 0 saturated carbocycles. The minimum absolute atomic E-state index is 0.0458. The van der Waals surface area contributed by atoms with E-state index in [2.05, 4.69) is 27.1 Å². The van der Waals surface area contributed by atoms with E-state index in [0.29, 0.717) is 11.5 Å². The summed E-state index contributed by atoms with van der Waals surface area (Å²) in [6, 6.07) is 10.4. The average molecular weight is 346 g/mol. The van der Waals surface area contributed by atoms with E-state index in [4.69, 9.17) is 0 Å². The second-order valence-electron chi connectivity index (χ2n) is 7.02. The van der Waals surface area contributed by atoms with Crippen LogP contribution in [0.3, 0.4) is 0 Å². The van der Waals surface area contributed by atoms with Gasteiger partial charge in [0.15, 0.2) is 0 Å². The number of amides is 1. The summed E-state index contributed by atoms with van der Waals surface area (Å²) in [5.74, 6) is 0.505. The highest BCUT2D eigenvalue weighted by atomic mass is 16.2. The SMILES string of the molecule is Cc1ncncc1C(=O)N1CCC[C@@H](Cc2cnc3ccccc3c2)C1. The number of para-hydroxylation sites is 1. The summed E-state index contributed by atoms with van der Waals surface area (Å²) in [4.78, 5) is 27.5. The number of carbonyl (C=O) groups is 1. The zero-order valence-electron chi connectivity index (χ0n) is 14.9. The third-order valence-electron chi connectivity index (χ3n) is 5.12. The Bertz CT molecular complexity index is 940. The minimum Gasteiger partial charge on any atom is -0.338 e. The largest absolute Gasteiger partial charge is 0.338 e. The van der Waals surface area contributed by atoms with Crippen LogP contribution in [0.1, 0.15) is 34.5 Å². The number of likely N-dealkylation sites (tertiary alicyclic amines) is 1. The monoisotopic (exact) mass is 346 g/mol. The van der Waals surface area contributed by atoms with Crippen molar-refractivity contribution in [2.45, 2.75) is 26.2 Å². The summed E-state index contributed by atoms with van der Waals surface area (Å²) in [5.41, 5.74) is 3.62. The molecule has 3 aromatic rings. The van der Waals surface area contributed by atoms with E-state index in [1.807, 2.05) is 36.2 Å². The molecule has 1 aliphatic rings. The molecule has 4 rings (SSSR count). The van der Waals surface area contributed by atoms with E-state index in [9.17, 15) is 4.79 Å². The Morgan fingerprint density at radius 2 is 2.12 bits per heavy atom. The van der Waals surface area contributed by atoms with Crippen LogP contribution in [-0.4, -0.2) is 38.8 Å². The molecule has 1 aromatic carbocycles. The smallest absolute Gasteiger partial charge is 0.257 e. The fraction of sp³-hybridized carbons (Fsp3) is 0.333.